The first-order valence-electron chi connectivity index (χ1n) is 5.20. The van der Waals surface area contributed by atoms with Crippen LogP contribution in [0.3, 0.4) is 0 Å². The number of rotatable bonds is 4. The monoisotopic (exact) mass is 265 g/mol. The fourth-order valence-corrected chi connectivity index (χ4v) is 2.06. The standard InChI is InChI=1S/C11H11N3O3S/c1-7-9(18-13-12-7)6-14(2)11(16)10(15)8-4-3-5-17-8/h3-5H,6H2,1-2H3. The van der Waals surface area contributed by atoms with Crippen LogP contribution in [-0.2, 0) is 11.3 Å². The Morgan fingerprint density at radius 2 is 2.28 bits per heavy atom. The number of Topliss-reactive ketones (excluding diaryl/α,β-unsaturated/α-hetero) is 1. The fraction of sp³-hybridized carbons (Fsp3) is 0.273. The Morgan fingerprint density at radius 3 is 2.83 bits per heavy atom. The van der Waals surface area contributed by atoms with E-state index in [0.29, 0.717) is 6.54 Å². The lowest BCUT2D eigenvalue weighted by Crippen LogP contribution is -2.32. The van der Waals surface area contributed by atoms with Crippen LogP contribution in [-0.4, -0.2) is 33.2 Å². The van der Waals surface area contributed by atoms with Crippen LogP contribution in [0.4, 0.5) is 0 Å². The summed E-state index contributed by atoms with van der Waals surface area (Å²) in [7, 11) is 1.56. The highest BCUT2D eigenvalue weighted by atomic mass is 32.1. The zero-order valence-corrected chi connectivity index (χ0v) is 10.7. The van der Waals surface area contributed by atoms with Gasteiger partial charge in [-0.15, -0.1) is 5.10 Å². The van der Waals surface area contributed by atoms with Crippen LogP contribution in [0, 0.1) is 6.92 Å². The van der Waals surface area contributed by atoms with Gasteiger partial charge in [-0.05, 0) is 30.6 Å². The molecule has 18 heavy (non-hydrogen) atoms. The summed E-state index contributed by atoms with van der Waals surface area (Å²) < 4.78 is 8.69. The summed E-state index contributed by atoms with van der Waals surface area (Å²) in [4.78, 5) is 25.8. The molecule has 2 aromatic rings. The molecule has 0 aliphatic heterocycles. The zero-order valence-electron chi connectivity index (χ0n) is 9.91. The van der Waals surface area contributed by atoms with Gasteiger partial charge < -0.3 is 9.32 Å². The predicted octanol–water partition coefficient (Wildman–Crippen LogP) is 1.28. The van der Waals surface area contributed by atoms with E-state index in [1.165, 1.54) is 28.8 Å². The van der Waals surface area contributed by atoms with Crippen LogP contribution in [0.15, 0.2) is 22.8 Å². The number of likely N-dealkylation sites (N-methyl/N-ethyl adjacent to an activating group) is 1. The van der Waals surface area contributed by atoms with Gasteiger partial charge in [0.25, 0.3) is 11.7 Å². The number of ketones is 1. The average molecular weight is 265 g/mol. The van der Waals surface area contributed by atoms with E-state index in [1.54, 1.807) is 13.1 Å². The maximum absolute atomic E-state index is 11.9. The summed E-state index contributed by atoms with van der Waals surface area (Å²) in [5.74, 6) is -1.22. The number of furan rings is 1. The first-order valence-corrected chi connectivity index (χ1v) is 5.98. The number of nitrogens with zero attached hydrogens (tertiary/aromatic N) is 3. The van der Waals surface area contributed by atoms with Gasteiger partial charge in [0, 0.05) is 7.05 Å². The van der Waals surface area contributed by atoms with Crippen molar-refractivity contribution in [1.82, 2.24) is 14.5 Å². The highest BCUT2D eigenvalue weighted by Gasteiger charge is 2.23. The van der Waals surface area contributed by atoms with Crippen molar-refractivity contribution in [3.8, 4) is 0 Å². The first kappa shape index (κ1) is 12.4. The van der Waals surface area contributed by atoms with Gasteiger partial charge in [0.05, 0.1) is 23.4 Å². The summed E-state index contributed by atoms with van der Waals surface area (Å²) in [5, 5.41) is 3.85. The topological polar surface area (TPSA) is 76.3 Å². The summed E-state index contributed by atoms with van der Waals surface area (Å²) in [6.07, 6.45) is 1.36. The van der Waals surface area contributed by atoms with Crippen molar-refractivity contribution in [2.75, 3.05) is 7.05 Å². The molecule has 0 atom stereocenters. The van der Waals surface area contributed by atoms with Gasteiger partial charge in [-0.3, -0.25) is 9.59 Å². The molecule has 0 aliphatic carbocycles. The second kappa shape index (κ2) is 5.09. The van der Waals surface area contributed by atoms with Crippen molar-refractivity contribution in [1.29, 1.82) is 0 Å². The molecular weight excluding hydrogens is 254 g/mol. The van der Waals surface area contributed by atoms with Gasteiger partial charge in [-0.1, -0.05) is 4.49 Å². The Labute approximate surface area is 107 Å². The van der Waals surface area contributed by atoms with Crippen molar-refractivity contribution >= 4 is 23.2 Å². The van der Waals surface area contributed by atoms with Gasteiger partial charge in [-0.2, -0.15) is 0 Å². The summed E-state index contributed by atoms with van der Waals surface area (Å²) >= 11 is 1.21. The van der Waals surface area contributed by atoms with E-state index in [2.05, 4.69) is 9.59 Å². The minimum Gasteiger partial charge on any atom is -0.461 e. The molecule has 0 aromatic carbocycles. The smallest absolute Gasteiger partial charge is 0.298 e. The average Bonchev–Trinajstić information content (AvgIpc) is 3.00. The molecule has 0 radical (unpaired) electrons. The van der Waals surface area contributed by atoms with Crippen molar-refractivity contribution in [2.45, 2.75) is 13.5 Å². The molecule has 0 bridgehead atoms. The maximum Gasteiger partial charge on any atom is 0.298 e. The number of carbonyl (C=O) groups excluding carboxylic acids is 2. The van der Waals surface area contributed by atoms with E-state index >= 15 is 0 Å². The van der Waals surface area contributed by atoms with Crippen molar-refractivity contribution in [3.05, 3.63) is 34.7 Å². The number of hydrogen-bond acceptors (Lipinski definition) is 6. The molecule has 1 amide bonds. The van der Waals surface area contributed by atoms with E-state index in [9.17, 15) is 9.59 Å². The molecular formula is C11H11N3O3S. The Morgan fingerprint density at radius 1 is 1.50 bits per heavy atom. The quantitative estimate of drug-likeness (QED) is 0.615. The SMILES string of the molecule is Cc1nnsc1CN(C)C(=O)C(=O)c1ccco1. The normalized spacial score (nSPS) is 10.3. The van der Waals surface area contributed by atoms with Crippen molar-refractivity contribution < 1.29 is 14.0 Å². The van der Waals surface area contributed by atoms with Gasteiger partial charge in [0.1, 0.15) is 0 Å². The number of hydrogen-bond donors (Lipinski definition) is 0. The molecule has 0 aliphatic rings. The zero-order chi connectivity index (χ0) is 13.1. The molecule has 0 spiro atoms. The minimum absolute atomic E-state index is 0.0472. The Bertz CT molecular complexity index is 562. The largest absolute Gasteiger partial charge is 0.461 e. The van der Waals surface area contributed by atoms with Crippen molar-refractivity contribution in [2.24, 2.45) is 0 Å². The molecule has 0 saturated carbocycles. The first-order chi connectivity index (χ1) is 8.59. The highest BCUT2D eigenvalue weighted by molar-refractivity contribution is 7.05. The van der Waals surface area contributed by atoms with E-state index in [1.807, 2.05) is 6.92 Å². The lowest BCUT2D eigenvalue weighted by atomic mass is 10.2. The van der Waals surface area contributed by atoms with E-state index in [-0.39, 0.29) is 5.76 Å². The van der Waals surface area contributed by atoms with Crippen LogP contribution in [0.5, 0.6) is 0 Å². The Kier molecular flexibility index (Phi) is 3.52. The van der Waals surface area contributed by atoms with Crippen LogP contribution in [0.2, 0.25) is 0 Å². The molecule has 2 heterocycles. The van der Waals surface area contributed by atoms with E-state index < -0.39 is 11.7 Å². The summed E-state index contributed by atoms with van der Waals surface area (Å²) in [6, 6.07) is 3.03. The van der Waals surface area contributed by atoms with E-state index in [4.69, 9.17) is 4.42 Å². The van der Waals surface area contributed by atoms with Crippen molar-refractivity contribution in [3.63, 3.8) is 0 Å². The predicted molar refractivity (Wildman–Crippen MR) is 64.2 cm³/mol. The number of carbonyl (C=O) groups is 2. The van der Waals surface area contributed by atoms with Gasteiger partial charge in [0.2, 0.25) is 0 Å². The molecule has 0 unspecified atom stereocenters. The molecule has 0 saturated heterocycles. The Balaban J connectivity index is 2.06. The van der Waals surface area contributed by atoms with Gasteiger partial charge in [-0.25, -0.2) is 0 Å². The van der Waals surface area contributed by atoms with Crippen LogP contribution < -0.4 is 0 Å². The molecule has 2 rings (SSSR count). The third-order valence-electron chi connectivity index (χ3n) is 2.41. The number of aryl methyl sites for hydroxylation is 1. The minimum atomic E-state index is -0.655. The molecule has 94 valence electrons. The molecule has 0 N–H and O–H groups in total. The lowest BCUT2D eigenvalue weighted by Gasteiger charge is -2.14. The van der Waals surface area contributed by atoms with Gasteiger partial charge in [0.15, 0.2) is 5.76 Å². The molecule has 2 aromatic heterocycles. The third-order valence-corrected chi connectivity index (χ3v) is 3.22. The molecule has 0 fully saturated rings. The van der Waals surface area contributed by atoms with Gasteiger partial charge >= 0.3 is 0 Å². The highest BCUT2D eigenvalue weighted by Crippen LogP contribution is 2.12. The number of amides is 1. The Hall–Kier alpha value is -2.02. The lowest BCUT2D eigenvalue weighted by molar-refractivity contribution is -0.125. The summed E-state index contributed by atoms with van der Waals surface area (Å²) in [5.41, 5.74) is 0.769. The van der Waals surface area contributed by atoms with Crippen LogP contribution in [0.25, 0.3) is 0 Å². The molecule has 6 nitrogen and oxygen atoms in total. The van der Waals surface area contributed by atoms with Crippen LogP contribution in [0.1, 0.15) is 21.1 Å². The second-order valence-electron chi connectivity index (χ2n) is 3.75. The third kappa shape index (κ3) is 2.45. The summed E-state index contributed by atoms with van der Waals surface area (Å²) in [6.45, 7) is 2.13. The second-order valence-corrected chi connectivity index (χ2v) is 4.59. The number of aromatic nitrogens is 2. The van der Waals surface area contributed by atoms with E-state index in [0.717, 1.165) is 10.6 Å². The fourth-order valence-electron chi connectivity index (χ4n) is 1.37. The maximum atomic E-state index is 11.9. The van der Waals surface area contributed by atoms with Crippen LogP contribution >= 0.6 is 11.5 Å². The molecule has 7 heteroatoms.